The minimum absolute atomic E-state index is 0.109. The molecule has 1 spiro atoms. The van der Waals surface area contributed by atoms with Crippen LogP contribution in [-0.2, 0) is 20.7 Å². The van der Waals surface area contributed by atoms with Crippen molar-refractivity contribution < 1.29 is 14.3 Å². The van der Waals surface area contributed by atoms with Crippen molar-refractivity contribution in [3.63, 3.8) is 0 Å². The van der Waals surface area contributed by atoms with Gasteiger partial charge in [-0.1, -0.05) is 0 Å². The van der Waals surface area contributed by atoms with Crippen molar-refractivity contribution in [3.8, 4) is 0 Å². The summed E-state index contributed by atoms with van der Waals surface area (Å²) in [6, 6.07) is 0.109. The molecule has 0 aliphatic carbocycles. The van der Waals surface area contributed by atoms with E-state index in [1.54, 1.807) is 6.92 Å². The molecule has 2 saturated heterocycles. The molecule has 1 atom stereocenters. The third-order valence-electron chi connectivity index (χ3n) is 4.69. The summed E-state index contributed by atoms with van der Waals surface area (Å²) >= 11 is 0. The van der Waals surface area contributed by atoms with E-state index in [4.69, 9.17) is 9.47 Å². The average molecular weight is 309 g/mol. The number of hydrogen-bond acceptors (Lipinski definition) is 4. The molecule has 0 saturated carbocycles. The fourth-order valence-corrected chi connectivity index (χ4v) is 3.37. The first kappa shape index (κ1) is 15.3. The lowest BCUT2D eigenvalue weighted by Crippen LogP contribution is -2.51. The molecular formula is C15H23N3O4. The first-order chi connectivity index (χ1) is 10.6. The topological polar surface area (TPSA) is 96.2 Å². The molecule has 3 heterocycles. The number of aryl methyl sites for hydroxylation is 1. The van der Waals surface area contributed by atoms with Crippen molar-refractivity contribution in [2.24, 2.45) is 0 Å². The summed E-state index contributed by atoms with van der Waals surface area (Å²) in [7, 11) is 0. The molecule has 2 fully saturated rings. The standard InChI is InChI=1S/C15H23N3O4/c1-10-12(14(20)18-17-10)8-13(19)16-11-2-5-22-15(9-11)3-6-21-7-4-15/h11H,2-9H2,1H3,(H,16,19)(H2,17,18,20). The Balaban J connectivity index is 1.58. The molecule has 2 aliphatic rings. The van der Waals surface area contributed by atoms with Crippen LogP contribution in [0.15, 0.2) is 4.79 Å². The molecule has 7 heteroatoms. The smallest absolute Gasteiger partial charge is 0.267 e. The summed E-state index contributed by atoms with van der Waals surface area (Å²) in [5.41, 5.74) is 0.856. The average Bonchev–Trinajstić information content (AvgIpc) is 2.80. The zero-order chi connectivity index (χ0) is 15.6. The van der Waals surface area contributed by atoms with Crippen LogP contribution in [0.3, 0.4) is 0 Å². The highest BCUT2D eigenvalue weighted by Gasteiger charge is 2.39. The van der Waals surface area contributed by atoms with E-state index >= 15 is 0 Å². The highest BCUT2D eigenvalue weighted by atomic mass is 16.5. The zero-order valence-corrected chi connectivity index (χ0v) is 12.9. The van der Waals surface area contributed by atoms with Crippen LogP contribution in [0.25, 0.3) is 0 Å². The van der Waals surface area contributed by atoms with Crippen molar-refractivity contribution in [1.29, 1.82) is 0 Å². The van der Waals surface area contributed by atoms with Crippen molar-refractivity contribution >= 4 is 5.91 Å². The van der Waals surface area contributed by atoms with Gasteiger partial charge < -0.3 is 19.9 Å². The number of aromatic amines is 2. The maximum atomic E-state index is 12.2. The molecule has 7 nitrogen and oxygen atoms in total. The molecule has 22 heavy (non-hydrogen) atoms. The molecule has 3 N–H and O–H groups in total. The Labute approximate surface area is 128 Å². The van der Waals surface area contributed by atoms with Crippen LogP contribution in [0.2, 0.25) is 0 Å². The van der Waals surface area contributed by atoms with Gasteiger partial charge in [-0.15, -0.1) is 0 Å². The van der Waals surface area contributed by atoms with Gasteiger partial charge in [-0.25, -0.2) is 0 Å². The Morgan fingerprint density at radius 3 is 2.77 bits per heavy atom. The summed E-state index contributed by atoms with van der Waals surface area (Å²) in [6.07, 6.45) is 3.52. The molecule has 0 bridgehead atoms. The number of hydrogen-bond donors (Lipinski definition) is 3. The number of H-pyrrole nitrogens is 2. The van der Waals surface area contributed by atoms with Gasteiger partial charge in [-0.3, -0.25) is 14.7 Å². The van der Waals surface area contributed by atoms with Gasteiger partial charge in [0.05, 0.1) is 12.0 Å². The summed E-state index contributed by atoms with van der Waals surface area (Å²) in [4.78, 5) is 23.8. The van der Waals surface area contributed by atoms with E-state index in [2.05, 4.69) is 15.5 Å². The van der Waals surface area contributed by atoms with Crippen molar-refractivity contribution in [2.45, 2.75) is 50.7 Å². The maximum absolute atomic E-state index is 12.2. The molecule has 0 aromatic carbocycles. The predicted molar refractivity (Wildman–Crippen MR) is 79.8 cm³/mol. The Kier molecular flexibility index (Phi) is 4.35. The fourth-order valence-electron chi connectivity index (χ4n) is 3.37. The zero-order valence-electron chi connectivity index (χ0n) is 12.9. The Morgan fingerprint density at radius 1 is 1.32 bits per heavy atom. The second-order valence-corrected chi connectivity index (χ2v) is 6.26. The Morgan fingerprint density at radius 2 is 2.09 bits per heavy atom. The van der Waals surface area contributed by atoms with Gasteiger partial charge in [0.2, 0.25) is 5.91 Å². The summed E-state index contributed by atoms with van der Waals surface area (Å²) in [5.74, 6) is -0.109. The van der Waals surface area contributed by atoms with Gasteiger partial charge in [0.15, 0.2) is 0 Å². The maximum Gasteiger partial charge on any atom is 0.267 e. The quantitative estimate of drug-likeness (QED) is 0.753. The van der Waals surface area contributed by atoms with E-state index < -0.39 is 0 Å². The van der Waals surface area contributed by atoms with Crippen molar-refractivity contribution in [1.82, 2.24) is 15.5 Å². The largest absolute Gasteiger partial charge is 0.381 e. The third-order valence-corrected chi connectivity index (χ3v) is 4.69. The molecule has 1 unspecified atom stereocenters. The molecule has 3 rings (SSSR count). The minimum atomic E-state index is -0.222. The van der Waals surface area contributed by atoms with Crippen LogP contribution < -0.4 is 10.9 Å². The van der Waals surface area contributed by atoms with Crippen LogP contribution in [-0.4, -0.2) is 47.6 Å². The lowest BCUT2D eigenvalue weighted by atomic mass is 9.84. The highest BCUT2D eigenvalue weighted by molar-refractivity contribution is 5.79. The number of aromatic nitrogens is 2. The molecule has 1 aromatic rings. The number of carbonyl (C=O) groups excluding carboxylic acids is 1. The Hall–Kier alpha value is -1.60. The molecule has 0 radical (unpaired) electrons. The van der Waals surface area contributed by atoms with Gasteiger partial charge >= 0.3 is 0 Å². The van der Waals surface area contributed by atoms with Crippen LogP contribution in [0.1, 0.15) is 36.9 Å². The Bertz CT molecular complexity index is 580. The van der Waals surface area contributed by atoms with Gasteiger partial charge in [-0.05, 0) is 32.6 Å². The molecule has 1 amide bonds. The van der Waals surface area contributed by atoms with Crippen molar-refractivity contribution in [2.75, 3.05) is 19.8 Å². The van der Waals surface area contributed by atoms with Gasteiger partial charge in [-0.2, -0.15) is 0 Å². The number of amides is 1. The van der Waals surface area contributed by atoms with Gasteiger partial charge in [0.1, 0.15) is 0 Å². The predicted octanol–water partition coefficient (Wildman–Crippen LogP) is 0.398. The van der Waals surface area contributed by atoms with Crippen LogP contribution in [0.5, 0.6) is 0 Å². The van der Waals surface area contributed by atoms with E-state index in [1.165, 1.54) is 0 Å². The number of ether oxygens (including phenoxy) is 2. The first-order valence-corrected chi connectivity index (χ1v) is 7.85. The third kappa shape index (κ3) is 3.25. The van der Waals surface area contributed by atoms with Crippen LogP contribution in [0.4, 0.5) is 0 Å². The van der Waals surface area contributed by atoms with Crippen LogP contribution in [0, 0.1) is 6.92 Å². The van der Waals surface area contributed by atoms with E-state index in [0.29, 0.717) is 17.9 Å². The van der Waals surface area contributed by atoms with Gasteiger partial charge in [0, 0.05) is 37.1 Å². The second-order valence-electron chi connectivity index (χ2n) is 6.26. The summed E-state index contributed by atoms with van der Waals surface area (Å²) in [6.45, 7) is 3.89. The monoisotopic (exact) mass is 309 g/mol. The first-order valence-electron chi connectivity index (χ1n) is 7.85. The number of rotatable bonds is 3. The van der Waals surface area contributed by atoms with Gasteiger partial charge in [0.25, 0.3) is 5.56 Å². The van der Waals surface area contributed by atoms with Crippen LogP contribution >= 0.6 is 0 Å². The minimum Gasteiger partial charge on any atom is -0.381 e. The summed E-state index contributed by atoms with van der Waals surface area (Å²) < 4.78 is 11.4. The highest BCUT2D eigenvalue weighted by Crippen LogP contribution is 2.34. The van der Waals surface area contributed by atoms with Crippen molar-refractivity contribution in [3.05, 3.63) is 21.6 Å². The van der Waals surface area contributed by atoms with E-state index in [9.17, 15) is 9.59 Å². The van der Waals surface area contributed by atoms with E-state index in [0.717, 1.165) is 38.9 Å². The normalized spacial score (nSPS) is 24.3. The molecular weight excluding hydrogens is 286 g/mol. The SMILES string of the molecule is Cc1[nH][nH]c(=O)c1CC(=O)NC1CCOC2(CCOCC2)C1. The summed E-state index contributed by atoms with van der Waals surface area (Å²) in [5, 5.41) is 8.30. The second kappa shape index (κ2) is 6.26. The fraction of sp³-hybridized carbons (Fsp3) is 0.733. The lowest BCUT2D eigenvalue weighted by molar-refractivity contribution is -0.143. The van der Waals surface area contributed by atoms with E-state index in [1.807, 2.05) is 0 Å². The molecule has 122 valence electrons. The lowest BCUT2D eigenvalue weighted by Gasteiger charge is -2.43. The van der Waals surface area contributed by atoms with E-state index in [-0.39, 0.29) is 29.5 Å². The molecule has 1 aromatic heterocycles. The molecule has 2 aliphatic heterocycles. The number of nitrogens with one attached hydrogen (secondary N) is 3. The number of carbonyl (C=O) groups is 1.